The van der Waals surface area contributed by atoms with Gasteiger partial charge in [-0.05, 0) is 65.3 Å². The van der Waals surface area contributed by atoms with Crippen molar-refractivity contribution >= 4 is 51.0 Å². The SMILES string of the molecule is COC(=O)/C=C1/S/C(=N\N=Cc2ccc(OC(C)C)c(Br)c2)NC1=O. The Hall–Kier alpha value is -2.13. The summed E-state index contributed by atoms with van der Waals surface area (Å²) >= 11 is 4.46. The first-order valence-corrected chi connectivity index (χ1v) is 8.86. The van der Waals surface area contributed by atoms with Crippen molar-refractivity contribution in [3.8, 4) is 5.75 Å². The minimum Gasteiger partial charge on any atom is -0.490 e. The van der Waals surface area contributed by atoms with Gasteiger partial charge in [-0.1, -0.05) is 0 Å². The van der Waals surface area contributed by atoms with Gasteiger partial charge in [-0.2, -0.15) is 5.10 Å². The van der Waals surface area contributed by atoms with Crippen LogP contribution < -0.4 is 10.1 Å². The van der Waals surface area contributed by atoms with E-state index < -0.39 is 11.9 Å². The van der Waals surface area contributed by atoms with Crippen LogP contribution in [0.4, 0.5) is 0 Å². The van der Waals surface area contributed by atoms with Crippen molar-refractivity contribution in [2.45, 2.75) is 20.0 Å². The molecule has 1 aromatic carbocycles. The van der Waals surface area contributed by atoms with Crippen molar-refractivity contribution in [2.24, 2.45) is 10.2 Å². The number of methoxy groups -OCH3 is 1. The summed E-state index contributed by atoms with van der Waals surface area (Å²) in [6.45, 7) is 3.91. The number of nitrogens with one attached hydrogen (secondary N) is 1. The number of amidine groups is 1. The number of esters is 1. The molecule has 1 heterocycles. The first-order chi connectivity index (χ1) is 11.9. The topological polar surface area (TPSA) is 89.3 Å². The summed E-state index contributed by atoms with van der Waals surface area (Å²) in [7, 11) is 1.24. The molecule has 1 N–H and O–H groups in total. The van der Waals surface area contributed by atoms with Crippen LogP contribution in [0, 0.1) is 0 Å². The minimum absolute atomic E-state index is 0.0810. The maximum atomic E-state index is 11.7. The number of carbonyl (C=O) groups excluding carboxylic acids is 2. The van der Waals surface area contributed by atoms with Crippen LogP contribution in [0.25, 0.3) is 0 Å². The fourth-order valence-electron chi connectivity index (χ4n) is 1.74. The van der Waals surface area contributed by atoms with Gasteiger partial charge in [0.25, 0.3) is 5.91 Å². The lowest BCUT2D eigenvalue weighted by atomic mass is 10.2. The Morgan fingerprint density at radius 2 is 2.16 bits per heavy atom. The number of halogens is 1. The van der Waals surface area contributed by atoms with E-state index in [2.05, 4.69) is 36.2 Å². The number of benzene rings is 1. The highest BCUT2D eigenvalue weighted by atomic mass is 79.9. The second-order valence-electron chi connectivity index (χ2n) is 5.09. The van der Waals surface area contributed by atoms with Gasteiger partial charge in [0.2, 0.25) is 0 Å². The molecule has 9 heteroatoms. The number of rotatable bonds is 5. The molecule has 25 heavy (non-hydrogen) atoms. The molecule has 0 aromatic heterocycles. The fourth-order valence-corrected chi connectivity index (χ4v) is 2.96. The van der Waals surface area contributed by atoms with Gasteiger partial charge in [-0.15, -0.1) is 5.10 Å². The molecule has 1 aliphatic rings. The zero-order valence-corrected chi connectivity index (χ0v) is 16.2. The van der Waals surface area contributed by atoms with Crippen LogP contribution in [0.1, 0.15) is 19.4 Å². The molecule has 0 aliphatic carbocycles. The first kappa shape index (κ1) is 19.2. The fraction of sp³-hybridized carbons (Fsp3) is 0.250. The maximum Gasteiger partial charge on any atom is 0.331 e. The zero-order valence-electron chi connectivity index (χ0n) is 13.8. The molecule has 0 atom stereocenters. The van der Waals surface area contributed by atoms with Crippen LogP contribution in [0.15, 0.2) is 43.9 Å². The van der Waals surface area contributed by atoms with E-state index in [1.165, 1.54) is 7.11 Å². The lowest BCUT2D eigenvalue weighted by Gasteiger charge is -2.11. The third kappa shape index (κ3) is 5.71. The van der Waals surface area contributed by atoms with Gasteiger partial charge in [-0.3, -0.25) is 10.1 Å². The van der Waals surface area contributed by atoms with E-state index in [0.717, 1.165) is 33.6 Å². The summed E-state index contributed by atoms with van der Waals surface area (Å²) in [5, 5.41) is 10.7. The van der Waals surface area contributed by atoms with E-state index in [-0.39, 0.29) is 16.2 Å². The average molecular weight is 426 g/mol. The van der Waals surface area contributed by atoms with Crippen molar-refractivity contribution in [3.05, 3.63) is 39.2 Å². The second-order valence-corrected chi connectivity index (χ2v) is 6.98. The first-order valence-electron chi connectivity index (χ1n) is 7.25. The molecular weight excluding hydrogens is 410 g/mol. The summed E-state index contributed by atoms with van der Waals surface area (Å²) in [6, 6.07) is 5.53. The van der Waals surface area contributed by atoms with Gasteiger partial charge in [0.15, 0.2) is 5.17 Å². The Kier molecular flexibility index (Phi) is 6.77. The number of thioether (sulfide) groups is 1. The van der Waals surface area contributed by atoms with Crippen molar-refractivity contribution in [1.82, 2.24) is 5.32 Å². The van der Waals surface area contributed by atoms with Gasteiger partial charge >= 0.3 is 5.97 Å². The molecule has 0 radical (unpaired) electrons. The standard InChI is InChI=1S/C16H16BrN3O4S/c1-9(2)24-12-5-4-10(6-11(12)17)8-18-20-16-19-15(22)13(25-16)7-14(21)23-3/h4-9H,1-3H3,(H,19,20,22)/b13-7+,18-8?. The molecule has 1 aliphatic heterocycles. The molecule has 0 spiro atoms. The third-order valence-electron chi connectivity index (χ3n) is 2.77. The molecule has 1 amide bonds. The molecule has 132 valence electrons. The molecule has 7 nitrogen and oxygen atoms in total. The lowest BCUT2D eigenvalue weighted by molar-refractivity contribution is -0.135. The summed E-state index contributed by atoms with van der Waals surface area (Å²) < 4.78 is 10.9. The van der Waals surface area contributed by atoms with Gasteiger partial charge in [0, 0.05) is 6.08 Å². The van der Waals surface area contributed by atoms with Gasteiger partial charge in [0.05, 0.1) is 28.8 Å². The van der Waals surface area contributed by atoms with E-state index >= 15 is 0 Å². The largest absolute Gasteiger partial charge is 0.490 e. The molecule has 1 saturated heterocycles. The quantitative estimate of drug-likeness (QED) is 0.339. The number of hydrogen-bond donors (Lipinski definition) is 1. The van der Waals surface area contributed by atoms with Crippen LogP contribution in [0.5, 0.6) is 5.75 Å². The highest BCUT2D eigenvalue weighted by Gasteiger charge is 2.24. The summed E-state index contributed by atoms with van der Waals surface area (Å²) in [6.07, 6.45) is 2.74. The number of ether oxygens (including phenoxy) is 2. The maximum absolute atomic E-state index is 11.7. The molecule has 0 unspecified atom stereocenters. The molecule has 1 aromatic rings. The Bertz CT molecular complexity index is 775. The zero-order chi connectivity index (χ0) is 18.4. The normalized spacial score (nSPS) is 17.6. The van der Waals surface area contributed by atoms with Crippen LogP contribution in [0.3, 0.4) is 0 Å². The Morgan fingerprint density at radius 3 is 2.80 bits per heavy atom. The van der Waals surface area contributed by atoms with Crippen LogP contribution in [0.2, 0.25) is 0 Å². The van der Waals surface area contributed by atoms with Crippen LogP contribution >= 0.6 is 27.7 Å². The highest BCUT2D eigenvalue weighted by molar-refractivity contribution is 9.10. The predicted octanol–water partition coefficient (Wildman–Crippen LogP) is 2.85. The van der Waals surface area contributed by atoms with Gasteiger partial charge in [0.1, 0.15) is 5.75 Å². The number of hydrogen-bond acceptors (Lipinski definition) is 7. The van der Waals surface area contributed by atoms with Crippen LogP contribution in [-0.4, -0.2) is 36.5 Å². The molecule has 2 rings (SSSR count). The average Bonchev–Trinajstić information content (AvgIpc) is 2.89. The molecule has 0 saturated carbocycles. The monoisotopic (exact) mass is 425 g/mol. The van der Waals surface area contributed by atoms with E-state index in [9.17, 15) is 9.59 Å². The summed E-state index contributed by atoms with van der Waals surface area (Å²) in [5.74, 6) is -0.270. The molecular formula is C16H16BrN3O4S. The summed E-state index contributed by atoms with van der Waals surface area (Å²) in [4.78, 5) is 23.1. The molecule has 0 bridgehead atoms. The minimum atomic E-state index is -0.601. The predicted molar refractivity (Wildman–Crippen MR) is 101 cm³/mol. The van der Waals surface area contributed by atoms with Gasteiger partial charge in [-0.25, -0.2) is 4.79 Å². The number of amides is 1. The van der Waals surface area contributed by atoms with E-state index in [1.807, 2.05) is 32.0 Å². The third-order valence-corrected chi connectivity index (χ3v) is 4.29. The summed E-state index contributed by atoms with van der Waals surface area (Å²) in [5.41, 5.74) is 0.812. The van der Waals surface area contributed by atoms with Crippen molar-refractivity contribution < 1.29 is 19.1 Å². The van der Waals surface area contributed by atoms with Crippen LogP contribution in [-0.2, 0) is 14.3 Å². The van der Waals surface area contributed by atoms with E-state index in [0.29, 0.717) is 0 Å². The van der Waals surface area contributed by atoms with Gasteiger partial charge < -0.3 is 9.47 Å². The number of carbonyl (C=O) groups is 2. The lowest BCUT2D eigenvalue weighted by Crippen LogP contribution is -2.19. The highest BCUT2D eigenvalue weighted by Crippen LogP contribution is 2.26. The van der Waals surface area contributed by atoms with Crippen molar-refractivity contribution in [1.29, 1.82) is 0 Å². The Labute approximate surface area is 157 Å². The van der Waals surface area contributed by atoms with Crippen molar-refractivity contribution in [2.75, 3.05) is 7.11 Å². The molecule has 1 fully saturated rings. The van der Waals surface area contributed by atoms with Crippen molar-refractivity contribution in [3.63, 3.8) is 0 Å². The number of nitrogens with zero attached hydrogens (tertiary/aromatic N) is 2. The second kappa shape index (κ2) is 8.82. The Morgan fingerprint density at radius 1 is 1.40 bits per heavy atom. The van der Waals surface area contributed by atoms with E-state index in [1.54, 1.807) is 6.21 Å². The smallest absolute Gasteiger partial charge is 0.331 e. The Balaban J connectivity index is 2.04. The van der Waals surface area contributed by atoms with E-state index in [4.69, 9.17) is 4.74 Å².